The van der Waals surface area contributed by atoms with Gasteiger partial charge in [-0.05, 0) is 59.9 Å². The van der Waals surface area contributed by atoms with Crippen molar-refractivity contribution in [3.63, 3.8) is 0 Å². The second-order valence-corrected chi connectivity index (χ2v) is 5.13. The van der Waals surface area contributed by atoms with Crippen molar-refractivity contribution in [2.45, 2.75) is 26.9 Å². The zero-order valence-electron chi connectivity index (χ0n) is 10.1. The highest BCUT2D eigenvalue weighted by atomic mass is 32.1. The molecule has 0 radical (unpaired) electrons. The molecule has 0 saturated heterocycles. The number of hydrogen-bond acceptors (Lipinski definition) is 2. The number of rotatable bonds is 2. The van der Waals surface area contributed by atoms with Crippen LogP contribution in [0.2, 0.25) is 0 Å². The highest BCUT2D eigenvalue weighted by Crippen LogP contribution is 2.31. The van der Waals surface area contributed by atoms with E-state index in [2.05, 4.69) is 0 Å². The monoisotopic (exact) mass is 250 g/mol. The Balaban J connectivity index is 2.51. The Labute approximate surface area is 105 Å². The molecule has 0 spiro atoms. The molecule has 1 aromatic heterocycles. The Morgan fingerprint density at radius 2 is 1.82 bits per heavy atom. The lowest BCUT2D eigenvalue weighted by Gasteiger charge is -2.15. The van der Waals surface area contributed by atoms with Crippen LogP contribution in [0.25, 0.3) is 0 Å². The minimum absolute atomic E-state index is 0.333. The molecule has 90 valence electrons. The third-order valence-corrected chi connectivity index (χ3v) is 3.82. The van der Waals surface area contributed by atoms with E-state index >= 15 is 0 Å². The fourth-order valence-corrected chi connectivity index (χ4v) is 2.95. The largest absolute Gasteiger partial charge is 0.383 e. The molecule has 1 atom stereocenters. The van der Waals surface area contributed by atoms with Crippen LogP contribution < -0.4 is 0 Å². The topological polar surface area (TPSA) is 20.2 Å². The maximum Gasteiger partial charge on any atom is 0.129 e. The van der Waals surface area contributed by atoms with E-state index in [1.807, 2.05) is 37.6 Å². The van der Waals surface area contributed by atoms with Gasteiger partial charge in [0.25, 0.3) is 0 Å². The molecule has 17 heavy (non-hydrogen) atoms. The normalized spacial score (nSPS) is 12.8. The zero-order chi connectivity index (χ0) is 12.6. The van der Waals surface area contributed by atoms with Crippen LogP contribution in [0.3, 0.4) is 0 Å². The van der Waals surface area contributed by atoms with Crippen LogP contribution >= 0.6 is 11.3 Å². The highest BCUT2D eigenvalue weighted by Gasteiger charge is 2.19. The Morgan fingerprint density at radius 3 is 2.35 bits per heavy atom. The van der Waals surface area contributed by atoms with Gasteiger partial charge in [0.1, 0.15) is 11.9 Å². The van der Waals surface area contributed by atoms with Crippen molar-refractivity contribution in [1.29, 1.82) is 0 Å². The van der Waals surface area contributed by atoms with Crippen molar-refractivity contribution in [1.82, 2.24) is 0 Å². The third-order valence-electron chi connectivity index (χ3n) is 2.94. The fourth-order valence-electron chi connectivity index (χ4n) is 2.08. The number of aryl methyl sites for hydroxylation is 3. The van der Waals surface area contributed by atoms with Crippen LogP contribution in [-0.4, -0.2) is 5.11 Å². The van der Waals surface area contributed by atoms with Crippen molar-refractivity contribution >= 4 is 11.3 Å². The molecule has 0 aliphatic rings. The Bertz CT molecular complexity index is 522. The highest BCUT2D eigenvalue weighted by molar-refractivity contribution is 7.08. The lowest BCUT2D eigenvalue weighted by atomic mass is 9.95. The lowest BCUT2D eigenvalue weighted by molar-refractivity contribution is 0.214. The number of benzene rings is 1. The average Bonchev–Trinajstić information content (AvgIpc) is 2.62. The molecular weight excluding hydrogens is 235 g/mol. The summed E-state index contributed by atoms with van der Waals surface area (Å²) in [5.74, 6) is -0.333. The van der Waals surface area contributed by atoms with Gasteiger partial charge in [0, 0.05) is 5.56 Å². The van der Waals surface area contributed by atoms with Gasteiger partial charge in [0.2, 0.25) is 0 Å². The molecule has 1 aromatic carbocycles. The molecule has 1 heterocycles. The molecule has 2 aromatic rings. The van der Waals surface area contributed by atoms with Crippen LogP contribution in [0.1, 0.15) is 33.9 Å². The fraction of sp³-hybridized carbons (Fsp3) is 0.286. The first kappa shape index (κ1) is 12.3. The maximum absolute atomic E-state index is 13.9. The number of thiophene rings is 1. The summed E-state index contributed by atoms with van der Waals surface area (Å²) in [4.78, 5) is 0. The summed E-state index contributed by atoms with van der Waals surface area (Å²) in [6.45, 7) is 5.61. The van der Waals surface area contributed by atoms with E-state index in [4.69, 9.17) is 0 Å². The van der Waals surface area contributed by atoms with Gasteiger partial charge in [-0.25, -0.2) is 4.39 Å². The lowest BCUT2D eigenvalue weighted by Crippen LogP contribution is -2.06. The summed E-state index contributed by atoms with van der Waals surface area (Å²) in [7, 11) is 0. The van der Waals surface area contributed by atoms with Crippen LogP contribution in [0.4, 0.5) is 4.39 Å². The summed E-state index contributed by atoms with van der Waals surface area (Å²) >= 11 is 1.52. The smallest absolute Gasteiger partial charge is 0.129 e. The van der Waals surface area contributed by atoms with E-state index < -0.39 is 6.10 Å². The van der Waals surface area contributed by atoms with Crippen molar-refractivity contribution in [3.05, 3.63) is 56.5 Å². The minimum atomic E-state index is -0.873. The standard InChI is InChI=1S/C14H15FOS/c1-8-4-9(2)13(12(15)5-8)14(16)11-7-17-6-10(11)3/h4-7,14,16H,1-3H3. The first-order chi connectivity index (χ1) is 8.00. The Hall–Kier alpha value is -1.19. The van der Waals surface area contributed by atoms with Gasteiger partial charge in [-0.15, -0.1) is 0 Å². The maximum atomic E-state index is 13.9. The van der Waals surface area contributed by atoms with Gasteiger partial charge in [0.15, 0.2) is 0 Å². The van der Waals surface area contributed by atoms with Crippen LogP contribution in [-0.2, 0) is 0 Å². The molecular formula is C14H15FOS. The Morgan fingerprint density at radius 1 is 1.12 bits per heavy atom. The van der Waals surface area contributed by atoms with Gasteiger partial charge < -0.3 is 5.11 Å². The molecule has 0 bridgehead atoms. The van der Waals surface area contributed by atoms with Crippen molar-refractivity contribution in [2.75, 3.05) is 0 Å². The molecule has 0 aliphatic carbocycles. The summed E-state index contributed by atoms with van der Waals surface area (Å²) in [6, 6.07) is 3.36. The van der Waals surface area contributed by atoms with Gasteiger partial charge >= 0.3 is 0 Å². The molecule has 0 amide bonds. The molecule has 1 nitrogen and oxygen atoms in total. The van der Waals surface area contributed by atoms with Gasteiger partial charge in [-0.3, -0.25) is 0 Å². The first-order valence-corrected chi connectivity index (χ1v) is 6.42. The van der Waals surface area contributed by atoms with Crippen LogP contribution in [0.15, 0.2) is 22.9 Å². The molecule has 0 fully saturated rings. The Kier molecular flexibility index (Phi) is 3.31. The van der Waals surface area contributed by atoms with E-state index in [-0.39, 0.29) is 5.82 Å². The number of halogens is 1. The molecule has 1 N–H and O–H groups in total. The minimum Gasteiger partial charge on any atom is -0.383 e. The number of hydrogen-bond donors (Lipinski definition) is 1. The number of aliphatic hydroxyl groups excluding tert-OH is 1. The van der Waals surface area contributed by atoms with E-state index in [0.29, 0.717) is 5.56 Å². The molecule has 0 aliphatic heterocycles. The molecule has 1 unspecified atom stereocenters. The summed E-state index contributed by atoms with van der Waals surface area (Å²) in [6.07, 6.45) is -0.873. The first-order valence-electron chi connectivity index (χ1n) is 5.48. The second kappa shape index (κ2) is 4.59. The van der Waals surface area contributed by atoms with Gasteiger partial charge in [-0.2, -0.15) is 11.3 Å². The summed E-state index contributed by atoms with van der Waals surface area (Å²) < 4.78 is 13.9. The molecule has 2 rings (SSSR count). The van der Waals surface area contributed by atoms with Crippen molar-refractivity contribution in [3.8, 4) is 0 Å². The van der Waals surface area contributed by atoms with Gasteiger partial charge in [0.05, 0.1) is 0 Å². The quantitative estimate of drug-likeness (QED) is 0.857. The van der Waals surface area contributed by atoms with E-state index in [9.17, 15) is 9.50 Å². The van der Waals surface area contributed by atoms with E-state index in [0.717, 1.165) is 22.3 Å². The van der Waals surface area contributed by atoms with Crippen LogP contribution in [0.5, 0.6) is 0 Å². The predicted molar refractivity (Wildman–Crippen MR) is 69.0 cm³/mol. The molecule has 0 saturated carbocycles. The van der Waals surface area contributed by atoms with Crippen molar-refractivity contribution < 1.29 is 9.50 Å². The van der Waals surface area contributed by atoms with Crippen molar-refractivity contribution in [2.24, 2.45) is 0 Å². The molecule has 3 heteroatoms. The second-order valence-electron chi connectivity index (χ2n) is 4.39. The predicted octanol–water partition coefficient (Wildman–Crippen LogP) is 3.89. The number of aliphatic hydroxyl groups is 1. The SMILES string of the molecule is Cc1cc(C)c(C(O)c2cscc2C)c(F)c1. The van der Waals surface area contributed by atoms with Gasteiger partial charge in [-0.1, -0.05) is 6.07 Å². The van der Waals surface area contributed by atoms with E-state index in [1.165, 1.54) is 17.4 Å². The third kappa shape index (κ3) is 2.26. The van der Waals surface area contributed by atoms with Crippen LogP contribution in [0, 0.1) is 26.6 Å². The summed E-state index contributed by atoms with van der Waals surface area (Å²) in [5, 5.41) is 14.1. The summed E-state index contributed by atoms with van der Waals surface area (Å²) in [5.41, 5.74) is 3.85. The van der Waals surface area contributed by atoms with E-state index in [1.54, 1.807) is 0 Å². The average molecular weight is 250 g/mol. The zero-order valence-corrected chi connectivity index (χ0v) is 10.9.